The van der Waals surface area contributed by atoms with Crippen LogP contribution in [0.2, 0.25) is 0 Å². The van der Waals surface area contributed by atoms with E-state index >= 15 is 0 Å². The van der Waals surface area contributed by atoms with E-state index in [-0.39, 0.29) is 12.1 Å². The molecule has 0 heterocycles. The van der Waals surface area contributed by atoms with Crippen molar-refractivity contribution in [1.82, 2.24) is 5.32 Å². The van der Waals surface area contributed by atoms with Crippen molar-refractivity contribution in [2.24, 2.45) is 5.73 Å². The molecule has 0 saturated heterocycles. The minimum Gasteiger partial charge on any atom is -0.480 e. The maximum Gasteiger partial charge on any atom is 0.322 e. The Morgan fingerprint density at radius 2 is 2.11 bits per heavy atom. The molecule has 1 aromatic rings. The molecule has 1 amide bonds. The third-order valence-electron chi connectivity index (χ3n) is 2.89. The lowest BCUT2D eigenvalue weighted by Gasteiger charge is -2.11. The van der Waals surface area contributed by atoms with Crippen LogP contribution in [-0.4, -0.2) is 29.6 Å². The van der Waals surface area contributed by atoms with Crippen molar-refractivity contribution in [2.75, 3.05) is 6.54 Å². The molecule has 1 rings (SSSR count). The fourth-order valence-electron chi connectivity index (χ4n) is 1.63. The molecule has 0 aliphatic heterocycles. The van der Waals surface area contributed by atoms with E-state index in [9.17, 15) is 14.0 Å². The van der Waals surface area contributed by atoms with Crippen LogP contribution in [0, 0.1) is 12.7 Å². The molecular formula is C13H17FN2O3. The fraction of sp³-hybridized carbons (Fsp3) is 0.385. The summed E-state index contributed by atoms with van der Waals surface area (Å²) in [4.78, 5) is 22.3. The number of carbonyl (C=O) groups is 2. The summed E-state index contributed by atoms with van der Waals surface area (Å²) < 4.78 is 13.6. The van der Waals surface area contributed by atoms with Gasteiger partial charge in [0.15, 0.2) is 0 Å². The van der Waals surface area contributed by atoms with Gasteiger partial charge in [0.05, 0.1) is 0 Å². The Hall–Kier alpha value is -1.95. The topological polar surface area (TPSA) is 92.4 Å². The number of aryl methyl sites for hydroxylation is 1. The molecule has 1 atom stereocenters. The molecule has 5 nitrogen and oxygen atoms in total. The number of carboxylic acids is 1. The first-order valence-electron chi connectivity index (χ1n) is 5.92. The lowest BCUT2D eigenvalue weighted by atomic mass is 10.0. The molecule has 4 N–H and O–H groups in total. The molecule has 104 valence electrons. The number of amides is 1. The number of rotatable bonds is 5. The number of benzene rings is 1. The number of carboxylic acid groups (broad SMARTS) is 1. The quantitative estimate of drug-likeness (QED) is 0.737. The predicted octanol–water partition coefficient (Wildman–Crippen LogP) is 0.838. The van der Waals surface area contributed by atoms with E-state index in [4.69, 9.17) is 10.8 Å². The van der Waals surface area contributed by atoms with Crippen LogP contribution in [-0.2, 0) is 11.2 Å². The van der Waals surface area contributed by atoms with Crippen molar-refractivity contribution in [3.05, 3.63) is 34.6 Å². The standard InChI is InChI=1S/C13H17FN2O3/c1-3-8-4-9(5-10(14)7(8)2)12(17)16-6-11(15)13(18)19/h4-5,11H,3,6,15H2,1-2H3,(H,16,17)(H,18,19)/t11-/m1/s1. The monoisotopic (exact) mass is 268 g/mol. The first kappa shape index (κ1) is 15.1. The van der Waals surface area contributed by atoms with Crippen LogP contribution in [0.15, 0.2) is 12.1 Å². The molecule has 0 spiro atoms. The Morgan fingerprint density at radius 1 is 1.47 bits per heavy atom. The highest BCUT2D eigenvalue weighted by atomic mass is 19.1. The number of halogens is 1. The van der Waals surface area contributed by atoms with Gasteiger partial charge in [0.1, 0.15) is 11.9 Å². The van der Waals surface area contributed by atoms with Gasteiger partial charge in [-0.1, -0.05) is 6.92 Å². The van der Waals surface area contributed by atoms with Crippen LogP contribution >= 0.6 is 0 Å². The van der Waals surface area contributed by atoms with Gasteiger partial charge in [0.2, 0.25) is 0 Å². The summed E-state index contributed by atoms with van der Waals surface area (Å²) >= 11 is 0. The summed E-state index contributed by atoms with van der Waals surface area (Å²) in [6, 6.07) is 1.56. The van der Waals surface area contributed by atoms with E-state index in [0.29, 0.717) is 12.0 Å². The van der Waals surface area contributed by atoms with Crippen LogP contribution < -0.4 is 11.1 Å². The smallest absolute Gasteiger partial charge is 0.322 e. The molecule has 0 aliphatic rings. The van der Waals surface area contributed by atoms with Crippen LogP contribution in [0.3, 0.4) is 0 Å². The largest absolute Gasteiger partial charge is 0.480 e. The Bertz CT molecular complexity index is 503. The van der Waals surface area contributed by atoms with Crippen molar-refractivity contribution < 1.29 is 19.1 Å². The summed E-state index contributed by atoms with van der Waals surface area (Å²) in [6.45, 7) is 3.31. The van der Waals surface area contributed by atoms with Crippen LogP contribution in [0.1, 0.15) is 28.4 Å². The second-order valence-corrected chi connectivity index (χ2v) is 4.25. The van der Waals surface area contributed by atoms with Gasteiger partial charge in [-0.15, -0.1) is 0 Å². The average molecular weight is 268 g/mol. The molecule has 0 aliphatic carbocycles. The van der Waals surface area contributed by atoms with Gasteiger partial charge in [-0.2, -0.15) is 0 Å². The number of nitrogens with one attached hydrogen (secondary N) is 1. The minimum atomic E-state index is -1.20. The van der Waals surface area contributed by atoms with Gasteiger partial charge in [-0.3, -0.25) is 9.59 Å². The van der Waals surface area contributed by atoms with Gasteiger partial charge in [-0.25, -0.2) is 4.39 Å². The first-order valence-corrected chi connectivity index (χ1v) is 5.92. The molecular weight excluding hydrogens is 251 g/mol. The van der Waals surface area contributed by atoms with Crippen molar-refractivity contribution in [2.45, 2.75) is 26.3 Å². The second kappa shape index (κ2) is 6.29. The van der Waals surface area contributed by atoms with E-state index < -0.39 is 23.7 Å². The summed E-state index contributed by atoms with van der Waals surface area (Å²) in [7, 11) is 0. The second-order valence-electron chi connectivity index (χ2n) is 4.25. The molecule has 0 bridgehead atoms. The van der Waals surface area contributed by atoms with Gasteiger partial charge in [-0.05, 0) is 36.6 Å². The lowest BCUT2D eigenvalue weighted by Crippen LogP contribution is -2.42. The van der Waals surface area contributed by atoms with Crippen molar-refractivity contribution in [3.8, 4) is 0 Å². The summed E-state index contributed by atoms with van der Waals surface area (Å²) in [5.74, 6) is -2.19. The first-order chi connectivity index (χ1) is 8.86. The number of nitrogens with two attached hydrogens (primary N) is 1. The lowest BCUT2D eigenvalue weighted by molar-refractivity contribution is -0.138. The van der Waals surface area contributed by atoms with Gasteiger partial charge >= 0.3 is 5.97 Å². The molecule has 19 heavy (non-hydrogen) atoms. The van der Waals surface area contributed by atoms with Crippen molar-refractivity contribution >= 4 is 11.9 Å². The minimum absolute atomic E-state index is 0.164. The molecule has 0 aromatic heterocycles. The Labute approximate surface area is 110 Å². The normalized spacial score (nSPS) is 12.0. The number of hydrogen-bond donors (Lipinski definition) is 3. The zero-order valence-electron chi connectivity index (χ0n) is 10.9. The van der Waals surface area contributed by atoms with E-state index in [0.717, 1.165) is 11.6 Å². The summed E-state index contributed by atoms with van der Waals surface area (Å²) in [6.07, 6.45) is 0.610. The zero-order valence-corrected chi connectivity index (χ0v) is 10.9. The van der Waals surface area contributed by atoms with Crippen LogP contribution in [0.5, 0.6) is 0 Å². The Kier molecular flexibility index (Phi) is 5.00. The van der Waals surface area contributed by atoms with Crippen molar-refractivity contribution in [3.63, 3.8) is 0 Å². The molecule has 0 fully saturated rings. The third-order valence-corrected chi connectivity index (χ3v) is 2.89. The average Bonchev–Trinajstić information content (AvgIpc) is 2.38. The van der Waals surface area contributed by atoms with Gasteiger partial charge in [0, 0.05) is 12.1 Å². The van der Waals surface area contributed by atoms with E-state index in [1.807, 2.05) is 6.92 Å². The van der Waals surface area contributed by atoms with Gasteiger partial charge < -0.3 is 16.2 Å². The van der Waals surface area contributed by atoms with Crippen LogP contribution in [0.25, 0.3) is 0 Å². The summed E-state index contributed by atoms with van der Waals surface area (Å²) in [5, 5.41) is 11.0. The zero-order chi connectivity index (χ0) is 14.6. The van der Waals surface area contributed by atoms with Crippen molar-refractivity contribution in [1.29, 1.82) is 0 Å². The number of hydrogen-bond acceptors (Lipinski definition) is 3. The number of carbonyl (C=O) groups excluding carboxylic acids is 1. The SMILES string of the molecule is CCc1cc(C(=O)NC[C@@H](N)C(=O)O)cc(F)c1C. The Morgan fingerprint density at radius 3 is 2.63 bits per heavy atom. The fourth-order valence-corrected chi connectivity index (χ4v) is 1.63. The maximum atomic E-state index is 13.6. The third kappa shape index (κ3) is 3.75. The molecule has 6 heteroatoms. The highest BCUT2D eigenvalue weighted by molar-refractivity contribution is 5.94. The molecule has 1 aromatic carbocycles. The van der Waals surface area contributed by atoms with Crippen LogP contribution in [0.4, 0.5) is 4.39 Å². The van der Waals surface area contributed by atoms with E-state index in [2.05, 4.69) is 5.32 Å². The molecule has 0 unspecified atom stereocenters. The highest BCUT2D eigenvalue weighted by Crippen LogP contribution is 2.16. The van der Waals surface area contributed by atoms with E-state index in [1.165, 1.54) is 0 Å². The highest BCUT2D eigenvalue weighted by Gasteiger charge is 2.15. The van der Waals surface area contributed by atoms with Gasteiger partial charge in [0.25, 0.3) is 5.91 Å². The Balaban J connectivity index is 2.83. The molecule has 0 saturated carbocycles. The molecule has 0 radical (unpaired) electrons. The number of aliphatic carboxylic acids is 1. The summed E-state index contributed by atoms with van der Waals surface area (Å²) in [5.41, 5.74) is 6.69. The maximum absolute atomic E-state index is 13.6. The van der Waals surface area contributed by atoms with E-state index in [1.54, 1.807) is 13.0 Å². The predicted molar refractivity (Wildman–Crippen MR) is 68.5 cm³/mol.